The number of carbonyl (C=O) groups is 2. The molecule has 2 aromatic rings. The van der Waals surface area contributed by atoms with Crippen molar-refractivity contribution in [3.63, 3.8) is 0 Å². The van der Waals surface area contributed by atoms with Crippen LogP contribution in [-0.4, -0.2) is 40.1 Å². The van der Waals surface area contributed by atoms with E-state index in [-0.39, 0.29) is 15.6 Å². The molecule has 1 amide bonds. The van der Waals surface area contributed by atoms with Gasteiger partial charge in [-0.25, -0.2) is 8.42 Å². The molecule has 1 atom stereocenters. The first-order valence-corrected chi connectivity index (χ1v) is 10.4. The van der Waals surface area contributed by atoms with Gasteiger partial charge in [0.1, 0.15) is 11.8 Å². The smallest absolute Gasteiger partial charge is 0.324 e. The van der Waals surface area contributed by atoms with Gasteiger partial charge in [0, 0.05) is 5.02 Å². The number of nitrogens with one attached hydrogen (secondary N) is 2. The number of benzene rings is 2. The Morgan fingerprint density at radius 3 is 2.38 bits per heavy atom. The highest BCUT2D eigenvalue weighted by Crippen LogP contribution is 2.25. The molecule has 0 aliphatic heterocycles. The van der Waals surface area contributed by atoms with Crippen molar-refractivity contribution in [3.05, 3.63) is 52.5 Å². The van der Waals surface area contributed by atoms with Crippen LogP contribution in [0.3, 0.4) is 0 Å². The molecule has 0 aliphatic rings. The highest BCUT2D eigenvalue weighted by molar-refractivity contribution is 7.89. The number of hydrogen-bond donors (Lipinski definition) is 2. The van der Waals surface area contributed by atoms with Gasteiger partial charge in [0.05, 0.1) is 22.7 Å². The van der Waals surface area contributed by atoms with E-state index in [9.17, 15) is 18.0 Å². The van der Waals surface area contributed by atoms with Gasteiger partial charge < -0.3 is 14.8 Å². The number of amides is 1. The lowest BCUT2D eigenvalue weighted by atomic mass is 10.3. The topological polar surface area (TPSA) is 111 Å². The van der Waals surface area contributed by atoms with Gasteiger partial charge in [0.25, 0.3) is 5.91 Å². The number of anilines is 1. The molecule has 0 radical (unpaired) electrons. The number of methoxy groups -OCH3 is 1. The van der Waals surface area contributed by atoms with Gasteiger partial charge in [-0.1, -0.05) is 23.2 Å². The first-order valence-electron chi connectivity index (χ1n) is 8.20. The summed E-state index contributed by atoms with van der Waals surface area (Å²) in [5.74, 6) is -1.09. The third-order valence-electron chi connectivity index (χ3n) is 3.60. The molecule has 0 saturated heterocycles. The summed E-state index contributed by atoms with van der Waals surface area (Å²) in [6.07, 6.45) is 0. The zero-order valence-corrected chi connectivity index (χ0v) is 17.8. The Hall–Kier alpha value is -2.33. The Morgan fingerprint density at radius 2 is 1.76 bits per heavy atom. The van der Waals surface area contributed by atoms with Crippen LogP contribution in [0.2, 0.25) is 10.0 Å². The van der Waals surface area contributed by atoms with Crippen LogP contribution in [0, 0.1) is 0 Å². The SMILES string of the molecule is COc1ccc(S(=O)(=O)N[C@@H](C)C(=O)OCC(=O)Nc2cc(Cl)ccc2Cl)cc1. The summed E-state index contributed by atoms with van der Waals surface area (Å²) in [6.45, 7) is 0.672. The Labute approximate surface area is 178 Å². The van der Waals surface area contributed by atoms with Crippen LogP contribution in [0.1, 0.15) is 6.92 Å². The van der Waals surface area contributed by atoms with Crippen molar-refractivity contribution in [2.75, 3.05) is 19.0 Å². The maximum Gasteiger partial charge on any atom is 0.324 e. The van der Waals surface area contributed by atoms with Gasteiger partial charge >= 0.3 is 5.97 Å². The molecule has 0 aliphatic carbocycles. The van der Waals surface area contributed by atoms with E-state index in [0.29, 0.717) is 10.8 Å². The largest absolute Gasteiger partial charge is 0.497 e. The van der Waals surface area contributed by atoms with Crippen LogP contribution in [0.4, 0.5) is 5.69 Å². The van der Waals surface area contributed by atoms with E-state index < -0.39 is 34.5 Å². The molecule has 29 heavy (non-hydrogen) atoms. The first-order chi connectivity index (χ1) is 13.6. The van der Waals surface area contributed by atoms with Gasteiger partial charge in [-0.2, -0.15) is 4.72 Å². The van der Waals surface area contributed by atoms with E-state index in [1.165, 1.54) is 50.4 Å². The average molecular weight is 461 g/mol. The monoisotopic (exact) mass is 460 g/mol. The second kappa shape index (κ2) is 9.93. The standard InChI is InChI=1S/C18H18Cl2N2O6S/c1-11(22-29(25,26)14-6-4-13(27-2)5-7-14)18(24)28-10-17(23)21-16-9-12(19)3-8-15(16)20/h3-9,11,22H,10H2,1-2H3,(H,21,23)/t11-/m0/s1. The van der Waals surface area contributed by atoms with Gasteiger partial charge in [0.15, 0.2) is 6.61 Å². The maximum atomic E-state index is 12.3. The Kier molecular flexibility index (Phi) is 7.86. The normalized spacial score (nSPS) is 12.1. The number of sulfonamides is 1. The third-order valence-corrected chi connectivity index (χ3v) is 5.72. The summed E-state index contributed by atoms with van der Waals surface area (Å²) in [5, 5.41) is 3.07. The quantitative estimate of drug-likeness (QED) is 0.585. The third kappa shape index (κ3) is 6.60. The van der Waals surface area contributed by atoms with E-state index in [1.807, 2.05) is 0 Å². The van der Waals surface area contributed by atoms with Crippen molar-refractivity contribution in [2.45, 2.75) is 17.9 Å². The lowest BCUT2D eigenvalue weighted by Crippen LogP contribution is -2.40. The van der Waals surface area contributed by atoms with Crippen LogP contribution in [0.15, 0.2) is 47.4 Å². The van der Waals surface area contributed by atoms with E-state index in [2.05, 4.69) is 10.0 Å². The van der Waals surface area contributed by atoms with Crippen molar-refractivity contribution in [2.24, 2.45) is 0 Å². The molecule has 0 unspecified atom stereocenters. The zero-order chi connectivity index (χ0) is 21.6. The molecule has 2 rings (SSSR count). The van der Waals surface area contributed by atoms with Crippen molar-refractivity contribution in [1.29, 1.82) is 0 Å². The van der Waals surface area contributed by atoms with Crippen LogP contribution in [0.25, 0.3) is 0 Å². The minimum atomic E-state index is -3.97. The molecule has 0 aromatic heterocycles. The van der Waals surface area contributed by atoms with Crippen molar-refractivity contribution in [3.8, 4) is 5.75 Å². The van der Waals surface area contributed by atoms with E-state index in [4.69, 9.17) is 32.7 Å². The van der Waals surface area contributed by atoms with Gasteiger partial charge in [-0.3, -0.25) is 9.59 Å². The minimum Gasteiger partial charge on any atom is -0.497 e. The van der Waals surface area contributed by atoms with Crippen LogP contribution in [-0.2, 0) is 24.3 Å². The highest BCUT2D eigenvalue weighted by Gasteiger charge is 2.24. The summed E-state index contributed by atoms with van der Waals surface area (Å²) in [6, 6.07) is 8.89. The molecule has 156 valence electrons. The second-order valence-corrected chi connectivity index (χ2v) is 8.36. The summed E-state index contributed by atoms with van der Waals surface area (Å²) in [5.41, 5.74) is 0.258. The fourth-order valence-corrected chi connectivity index (χ4v) is 3.67. The summed E-state index contributed by atoms with van der Waals surface area (Å²) in [4.78, 5) is 23.9. The van der Waals surface area contributed by atoms with Crippen molar-refractivity contribution >= 4 is 50.8 Å². The lowest BCUT2D eigenvalue weighted by Gasteiger charge is -2.14. The Bertz CT molecular complexity index is 996. The molecule has 0 fully saturated rings. The maximum absolute atomic E-state index is 12.3. The summed E-state index contributed by atoms with van der Waals surface area (Å²) >= 11 is 11.8. The van der Waals surface area contributed by atoms with Gasteiger partial charge in [-0.05, 0) is 49.4 Å². The van der Waals surface area contributed by atoms with Gasteiger partial charge in [-0.15, -0.1) is 0 Å². The molecular formula is C18H18Cl2N2O6S. The molecule has 0 saturated carbocycles. The molecule has 0 bridgehead atoms. The Balaban J connectivity index is 1.90. The fourth-order valence-electron chi connectivity index (χ4n) is 2.15. The number of hydrogen-bond acceptors (Lipinski definition) is 6. The number of halogens is 2. The molecule has 8 nitrogen and oxygen atoms in total. The number of ether oxygens (including phenoxy) is 2. The highest BCUT2D eigenvalue weighted by atomic mass is 35.5. The summed E-state index contributed by atoms with van der Waals surface area (Å²) < 4.78 is 36.7. The number of esters is 1. The first kappa shape index (κ1) is 23.0. The molecule has 0 spiro atoms. The average Bonchev–Trinajstić information content (AvgIpc) is 2.68. The Morgan fingerprint density at radius 1 is 1.10 bits per heavy atom. The van der Waals surface area contributed by atoms with Crippen LogP contribution in [0.5, 0.6) is 5.75 Å². The molecular weight excluding hydrogens is 443 g/mol. The fraction of sp³-hybridized carbons (Fsp3) is 0.222. The number of rotatable bonds is 8. The molecule has 2 aromatic carbocycles. The molecule has 2 N–H and O–H groups in total. The van der Waals surface area contributed by atoms with E-state index in [1.54, 1.807) is 6.07 Å². The van der Waals surface area contributed by atoms with Crippen molar-refractivity contribution < 1.29 is 27.5 Å². The second-order valence-electron chi connectivity index (χ2n) is 5.80. The minimum absolute atomic E-state index is 0.0497. The number of carbonyl (C=O) groups excluding carboxylic acids is 2. The summed E-state index contributed by atoms with van der Waals surface area (Å²) in [7, 11) is -2.51. The molecule has 0 heterocycles. The molecule has 11 heteroatoms. The van der Waals surface area contributed by atoms with E-state index >= 15 is 0 Å². The predicted molar refractivity (Wildman–Crippen MR) is 109 cm³/mol. The predicted octanol–water partition coefficient (Wildman–Crippen LogP) is 2.85. The van der Waals surface area contributed by atoms with Crippen molar-refractivity contribution in [1.82, 2.24) is 4.72 Å². The van der Waals surface area contributed by atoms with E-state index in [0.717, 1.165) is 0 Å². The van der Waals surface area contributed by atoms with Crippen LogP contribution >= 0.6 is 23.2 Å². The lowest BCUT2D eigenvalue weighted by molar-refractivity contribution is -0.148. The zero-order valence-electron chi connectivity index (χ0n) is 15.4. The van der Waals surface area contributed by atoms with Crippen LogP contribution < -0.4 is 14.8 Å². The van der Waals surface area contributed by atoms with Gasteiger partial charge in [0.2, 0.25) is 10.0 Å².